The normalized spacial score (nSPS) is 11.2. The van der Waals surface area contributed by atoms with Crippen molar-refractivity contribution in [2.75, 3.05) is 23.0 Å². The van der Waals surface area contributed by atoms with E-state index in [9.17, 15) is 22.8 Å². The van der Waals surface area contributed by atoms with E-state index >= 15 is 0 Å². The van der Waals surface area contributed by atoms with Crippen molar-refractivity contribution in [2.24, 2.45) is 0 Å². The Morgan fingerprint density at radius 2 is 1.80 bits per heavy atom. The Kier molecular flexibility index (Phi) is 8.74. The number of hydrogen-bond acceptors (Lipinski definition) is 7. The topological polar surface area (TPSA) is 98.1 Å². The molecule has 1 amide bonds. The summed E-state index contributed by atoms with van der Waals surface area (Å²) in [7, 11) is 0. The van der Waals surface area contributed by atoms with Crippen molar-refractivity contribution in [3.8, 4) is 0 Å². The van der Waals surface area contributed by atoms with Crippen molar-refractivity contribution in [2.45, 2.75) is 38.3 Å². The molecular formula is C23H24F3N5O3S. The molecule has 0 atom stereocenters. The summed E-state index contributed by atoms with van der Waals surface area (Å²) >= 11 is 1.18. The third kappa shape index (κ3) is 7.22. The van der Waals surface area contributed by atoms with E-state index in [1.165, 1.54) is 23.9 Å². The van der Waals surface area contributed by atoms with Gasteiger partial charge in [-0.25, -0.2) is 4.79 Å². The fraction of sp³-hybridized carbons (Fsp3) is 0.304. The Morgan fingerprint density at radius 1 is 1.06 bits per heavy atom. The number of nitrogens with one attached hydrogen (secondary N) is 2. The number of nitrogens with zero attached hydrogens (tertiary/aromatic N) is 3. The number of rotatable bonds is 10. The number of halogens is 3. The van der Waals surface area contributed by atoms with E-state index in [1.54, 1.807) is 35.8 Å². The Labute approximate surface area is 204 Å². The summed E-state index contributed by atoms with van der Waals surface area (Å²) in [4.78, 5) is 24.3. The number of thioether (sulfide) groups is 1. The number of anilines is 2. The van der Waals surface area contributed by atoms with Gasteiger partial charge in [-0.05, 0) is 50.2 Å². The van der Waals surface area contributed by atoms with Gasteiger partial charge in [-0.3, -0.25) is 4.79 Å². The molecule has 0 saturated carbocycles. The molecule has 0 aliphatic carbocycles. The molecular weight excluding hydrogens is 483 g/mol. The molecule has 1 aromatic heterocycles. The number of aromatic nitrogens is 3. The zero-order chi connectivity index (χ0) is 25.4. The van der Waals surface area contributed by atoms with Crippen LogP contribution in [0.4, 0.5) is 24.5 Å². The maximum Gasteiger partial charge on any atom is 0.416 e. The molecule has 0 aliphatic rings. The Bertz CT molecular complexity index is 1180. The fourth-order valence-corrected chi connectivity index (χ4v) is 3.95. The van der Waals surface area contributed by atoms with Gasteiger partial charge in [0.2, 0.25) is 5.91 Å². The molecule has 12 heteroatoms. The van der Waals surface area contributed by atoms with Crippen LogP contribution in [0, 0.1) is 0 Å². The van der Waals surface area contributed by atoms with Crippen molar-refractivity contribution in [1.29, 1.82) is 0 Å². The van der Waals surface area contributed by atoms with Crippen LogP contribution in [0.2, 0.25) is 0 Å². The maximum absolute atomic E-state index is 12.9. The van der Waals surface area contributed by atoms with Gasteiger partial charge in [0.1, 0.15) is 0 Å². The molecule has 2 N–H and O–H groups in total. The van der Waals surface area contributed by atoms with Crippen LogP contribution < -0.4 is 10.6 Å². The van der Waals surface area contributed by atoms with E-state index in [1.807, 2.05) is 6.92 Å². The third-order valence-electron chi connectivity index (χ3n) is 4.74. The van der Waals surface area contributed by atoms with Gasteiger partial charge in [-0.15, -0.1) is 10.2 Å². The van der Waals surface area contributed by atoms with Crippen LogP contribution >= 0.6 is 11.8 Å². The van der Waals surface area contributed by atoms with E-state index < -0.39 is 17.7 Å². The smallest absolute Gasteiger partial charge is 0.416 e. The summed E-state index contributed by atoms with van der Waals surface area (Å²) < 4.78 is 45.5. The lowest BCUT2D eigenvalue weighted by atomic mass is 10.2. The highest BCUT2D eigenvalue weighted by Crippen LogP contribution is 2.30. The van der Waals surface area contributed by atoms with E-state index in [4.69, 9.17) is 4.74 Å². The molecule has 0 fully saturated rings. The molecule has 0 saturated heterocycles. The first-order valence-corrected chi connectivity index (χ1v) is 11.7. The molecule has 0 unspecified atom stereocenters. The van der Waals surface area contributed by atoms with Crippen LogP contribution in [0.1, 0.15) is 35.6 Å². The molecule has 3 aromatic rings. The second-order valence-electron chi connectivity index (χ2n) is 7.21. The SMILES string of the molecule is CCOC(=O)c1cccc(NC(=O)CSc2nnc(CNc3cccc(C(F)(F)F)c3)n2CC)c1. The van der Waals surface area contributed by atoms with E-state index in [0.29, 0.717) is 34.5 Å². The molecule has 186 valence electrons. The quantitative estimate of drug-likeness (QED) is 0.299. The second-order valence-corrected chi connectivity index (χ2v) is 8.16. The highest BCUT2D eigenvalue weighted by molar-refractivity contribution is 7.99. The van der Waals surface area contributed by atoms with Gasteiger partial charge in [-0.2, -0.15) is 13.2 Å². The van der Waals surface area contributed by atoms with E-state index in [-0.39, 0.29) is 24.8 Å². The monoisotopic (exact) mass is 507 g/mol. The minimum atomic E-state index is -4.42. The number of alkyl halides is 3. The van der Waals surface area contributed by atoms with Crippen molar-refractivity contribution in [3.05, 3.63) is 65.5 Å². The maximum atomic E-state index is 12.9. The van der Waals surface area contributed by atoms with E-state index in [0.717, 1.165) is 12.1 Å². The van der Waals surface area contributed by atoms with Gasteiger partial charge < -0.3 is 19.9 Å². The zero-order valence-electron chi connectivity index (χ0n) is 19.1. The summed E-state index contributed by atoms with van der Waals surface area (Å²) in [6.45, 7) is 4.51. The van der Waals surface area contributed by atoms with Crippen LogP contribution in [0.3, 0.4) is 0 Å². The lowest BCUT2D eigenvalue weighted by Crippen LogP contribution is -2.15. The second kappa shape index (κ2) is 11.7. The average molecular weight is 508 g/mol. The van der Waals surface area contributed by atoms with Gasteiger partial charge in [-0.1, -0.05) is 23.9 Å². The number of amides is 1. The van der Waals surface area contributed by atoms with Crippen LogP contribution in [0.15, 0.2) is 53.7 Å². The lowest BCUT2D eigenvalue weighted by molar-refractivity contribution is -0.137. The van der Waals surface area contributed by atoms with Gasteiger partial charge >= 0.3 is 12.1 Å². The summed E-state index contributed by atoms with van der Waals surface area (Å²) in [5.41, 5.74) is 0.364. The molecule has 3 rings (SSSR count). The van der Waals surface area contributed by atoms with Crippen molar-refractivity contribution >= 4 is 35.0 Å². The highest BCUT2D eigenvalue weighted by Gasteiger charge is 2.30. The fourth-order valence-electron chi connectivity index (χ4n) is 3.13. The minimum absolute atomic E-state index is 0.0445. The summed E-state index contributed by atoms with van der Waals surface area (Å²) in [6.07, 6.45) is -4.42. The number of carbonyl (C=O) groups excluding carboxylic acids is 2. The first-order chi connectivity index (χ1) is 16.7. The van der Waals surface area contributed by atoms with Crippen molar-refractivity contribution in [3.63, 3.8) is 0 Å². The standard InChI is InChI=1S/C23H24F3N5O3S/c1-3-31-19(13-27-17-9-6-8-16(12-17)23(24,25)26)29-30-22(31)35-14-20(32)28-18-10-5-7-15(11-18)21(33)34-4-2/h5-12,27H,3-4,13-14H2,1-2H3,(H,28,32). The van der Waals surface area contributed by atoms with Crippen molar-refractivity contribution in [1.82, 2.24) is 14.8 Å². The molecule has 1 heterocycles. The predicted molar refractivity (Wildman–Crippen MR) is 126 cm³/mol. The van der Waals surface area contributed by atoms with Crippen LogP contribution in [0.5, 0.6) is 0 Å². The van der Waals surface area contributed by atoms with Crippen LogP contribution in [-0.4, -0.2) is 39.0 Å². The van der Waals surface area contributed by atoms with Gasteiger partial charge in [0.25, 0.3) is 0 Å². The highest BCUT2D eigenvalue weighted by atomic mass is 32.2. The molecule has 0 bridgehead atoms. The van der Waals surface area contributed by atoms with Crippen LogP contribution in [-0.2, 0) is 28.8 Å². The Morgan fingerprint density at radius 3 is 2.51 bits per heavy atom. The molecule has 0 aliphatic heterocycles. The number of benzene rings is 2. The number of ether oxygens (including phenoxy) is 1. The predicted octanol–water partition coefficient (Wildman–Crippen LogP) is 4.84. The molecule has 0 radical (unpaired) electrons. The Balaban J connectivity index is 1.58. The van der Waals surface area contributed by atoms with Crippen molar-refractivity contribution < 1.29 is 27.5 Å². The molecule has 0 spiro atoms. The first-order valence-electron chi connectivity index (χ1n) is 10.7. The third-order valence-corrected chi connectivity index (χ3v) is 5.71. The molecule has 8 nitrogen and oxygen atoms in total. The van der Waals surface area contributed by atoms with Gasteiger partial charge in [0.05, 0.1) is 30.0 Å². The zero-order valence-corrected chi connectivity index (χ0v) is 19.9. The minimum Gasteiger partial charge on any atom is -0.462 e. The number of carbonyl (C=O) groups is 2. The Hall–Kier alpha value is -3.54. The summed E-state index contributed by atoms with van der Waals surface area (Å²) in [6, 6.07) is 11.4. The first kappa shape index (κ1) is 26.1. The summed E-state index contributed by atoms with van der Waals surface area (Å²) in [5.74, 6) is -0.205. The molecule has 2 aromatic carbocycles. The van der Waals surface area contributed by atoms with Crippen LogP contribution in [0.25, 0.3) is 0 Å². The van der Waals surface area contributed by atoms with Gasteiger partial charge in [0, 0.05) is 17.9 Å². The summed E-state index contributed by atoms with van der Waals surface area (Å²) in [5, 5.41) is 14.4. The lowest BCUT2D eigenvalue weighted by Gasteiger charge is -2.11. The van der Waals surface area contributed by atoms with E-state index in [2.05, 4.69) is 20.8 Å². The molecule has 35 heavy (non-hydrogen) atoms. The largest absolute Gasteiger partial charge is 0.462 e. The number of hydrogen-bond donors (Lipinski definition) is 2. The number of esters is 1. The van der Waals surface area contributed by atoms with Gasteiger partial charge in [0.15, 0.2) is 11.0 Å². The average Bonchev–Trinajstić information content (AvgIpc) is 3.23.